The first-order valence-corrected chi connectivity index (χ1v) is 10.8. The number of nitrogens with two attached hydrogens (primary N) is 3. The molecule has 0 bridgehead atoms. The van der Waals surface area contributed by atoms with Crippen molar-refractivity contribution in [2.24, 2.45) is 0 Å². The summed E-state index contributed by atoms with van der Waals surface area (Å²) in [7, 11) is 0. The van der Waals surface area contributed by atoms with Crippen molar-refractivity contribution < 1.29 is 0 Å². The second-order valence-electron chi connectivity index (χ2n) is 8.35. The van der Waals surface area contributed by atoms with E-state index in [1.54, 1.807) is 0 Å². The molecule has 6 rings (SSSR count). The first-order chi connectivity index (χ1) is 15.9. The quantitative estimate of drug-likeness (QED) is 0.198. The lowest BCUT2D eigenvalue weighted by molar-refractivity contribution is 1.43. The summed E-state index contributed by atoms with van der Waals surface area (Å²) in [6.45, 7) is 4.01. The van der Waals surface area contributed by atoms with Gasteiger partial charge in [0.15, 0.2) is 0 Å². The van der Waals surface area contributed by atoms with Crippen LogP contribution in [0.25, 0.3) is 43.6 Å². The van der Waals surface area contributed by atoms with Gasteiger partial charge in [-0.05, 0) is 67.4 Å². The number of pyridine rings is 2. The third-order valence-corrected chi connectivity index (χ3v) is 6.01. The SMILES string of the molecule is Cc1cc2cc3cc(C)c(N)cc3nc2cc1N.Nc1c2ccccc2nc2ccccc12. The van der Waals surface area contributed by atoms with Crippen LogP contribution in [0.3, 0.4) is 0 Å². The molecule has 0 fully saturated rings. The van der Waals surface area contributed by atoms with Crippen LogP contribution in [0, 0.1) is 13.8 Å². The van der Waals surface area contributed by atoms with Crippen LogP contribution in [0.4, 0.5) is 17.1 Å². The molecule has 0 atom stereocenters. The number of hydrogen-bond acceptors (Lipinski definition) is 5. The van der Waals surface area contributed by atoms with Crippen molar-refractivity contribution in [3.63, 3.8) is 0 Å². The molecule has 0 saturated carbocycles. The van der Waals surface area contributed by atoms with Gasteiger partial charge in [-0.3, -0.25) is 0 Å². The van der Waals surface area contributed by atoms with Crippen LogP contribution in [0.15, 0.2) is 78.9 Å². The van der Waals surface area contributed by atoms with Gasteiger partial charge in [-0.25, -0.2) is 9.97 Å². The maximum atomic E-state index is 6.11. The van der Waals surface area contributed by atoms with Gasteiger partial charge in [-0.15, -0.1) is 0 Å². The van der Waals surface area contributed by atoms with Gasteiger partial charge < -0.3 is 17.2 Å². The van der Waals surface area contributed by atoms with E-state index < -0.39 is 0 Å². The highest BCUT2D eigenvalue weighted by Gasteiger charge is 2.05. The number of aryl methyl sites for hydroxylation is 2. The molecule has 2 aromatic heterocycles. The number of anilines is 3. The summed E-state index contributed by atoms with van der Waals surface area (Å²) >= 11 is 0. The number of benzene rings is 4. The first kappa shape index (κ1) is 20.5. The van der Waals surface area contributed by atoms with E-state index in [0.717, 1.165) is 71.8 Å². The number of nitrogens with zero attached hydrogens (tertiary/aromatic N) is 2. The predicted octanol–water partition coefficient (Wildman–Crippen LogP) is 6.14. The highest BCUT2D eigenvalue weighted by molar-refractivity contribution is 6.06. The largest absolute Gasteiger partial charge is 0.398 e. The van der Waals surface area contributed by atoms with Gasteiger partial charge in [0.1, 0.15) is 0 Å². The maximum Gasteiger partial charge on any atom is 0.0730 e. The smallest absolute Gasteiger partial charge is 0.0730 e. The fourth-order valence-electron chi connectivity index (χ4n) is 4.06. The highest BCUT2D eigenvalue weighted by Crippen LogP contribution is 2.28. The minimum atomic E-state index is 0.773. The van der Waals surface area contributed by atoms with Gasteiger partial charge in [0, 0.05) is 32.9 Å². The number of aromatic nitrogens is 2. The Balaban J connectivity index is 0.000000140. The molecule has 6 N–H and O–H groups in total. The zero-order valence-electron chi connectivity index (χ0n) is 18.6. The van der Waals surface area contributed by atoms with Crippen LogP contribution < -0.4 is 17.2 Å². The van der Waals surface area contributed by atoms with Crippen LogP contribution in [0.1, 0.15) is 11.1 Å². The van der Waals surface area contributed by atoms with E-state index >= 15 is 0 Å². The molecule has 0 saturated heterocycles. The second-order valence-corrected chi connectivity index (χ2v) is 8.35. The Kier molecular flexibility index (Phi) is 4.94. The summed E-state index contributed by atoms with van der Waals surface area (Å²) in [6, 6.07) is 26.0. The van der Waals surface area contributed by atoms with E-state index in [4.69, 9.17) is 17.2 Å². The van der Waals surface area contributed by atoms with E-state index in [1.165, 1.54) is 0 Å². The molecular formula is C28H25N5. The number of rotatable bonds is 0. The fourth-order valence-corrected chi connectivity index (χ4v) is 4.06. The van der Waals surface area contributed by atoms with Gasteiger partial charge in [0.2, 0.25) is 0 Å². The molecule has 0 spiro atoms. The van der Waals surface area contributed by atoms with Crippen LogP contribution in [0.2, 0.25) is 0 Å². The summed E-state index contributed by atoms with van der Waals surface area (Å²) < 4.78 is 0. The average Bonchev–Trinajstić information content (AvgIpc) is 2.81. The van der Waals surface area contributed by atoms with Crippen molar-refractivity contribution >= 4 is 60.7 Å². The van der Waals surface area contributed by atoms with Gasteiger partial charge >= 0.3 is 0 Å². The zero-order valence-corrected chi connectivity index (χ0v) is 18.6. The molecule has 0 aliphatic heterocycles. The molecule has 0 amide bonds. The summed E-state index contributed by atoms with van der Waals surface area (Å²) in [5.41, 5.74) is 26.2. The monoisotopic (exact) mass is 431 g/mol. The number of fused-ring (bicyclic) bond motifs is 4. The van der Waals surface area contributed by atoms with Gasteiger partial charge in [-0.1, -0.05) is 36.4 Å². The van der Waals surface area contributed by atoms with Gasteiger partial charge in [0.05, 0.1) is 27.8 Å². The van der Waals surface area contributed by atoms with Crippen LogP contribution in [-0.4, -0.2) is 9.97 Å². The third kappa shape index (κ3) is 3.74. The standard InChI is InChI=1S/C15H15N3.C13H10N2/c1-8-3-10-5-11-4-9(2)13(17)7-15(11)18-14(10)6-12(8)16;14-13-9-5-1-3-7-11(9)15-12-8-4-2-6-10(12)13/h3-7H,16-17H2,1-2H3;1-8H,(H2,14,15). The van der Waals surface area contributed by atoms with E-state index in [9.17, 15) is 0 Å². The molecule has 33 heavy (non-hydrogen) atoms. The van der Waals surface area contributed by atoms with E-state index in [1.807, 2.05) is 74.5 Å². The van der Waals surface area contributed by atoms with E-state index in [2.05, 4.69) is 28.2 Å². The Bertz CT molecular complexity index is 1490. The van der Waals surface area contributed by atoms with Crippen molar-refractivity contribution in [1.29, 1.82) is 0 Å². The lowest BCUT2D eigenvalue weighted by Crippen LogP contribution is -1.93. The average molecular weight is 432 g/mol. The summed E-state index contributed by atoms with van der Waals surface area (Å²) in [4.78, 5) is 9.18. The Labute approximate surface area is 191 Å². The van der Waals surface area contributed by atoms with Crippen molar-refractivity contribution in [2.45, 2.75) is 13.8 Å². The van der Waals surface area contributed by atoms with Gasteiger partial charge in [-0.2, -0.15) is 0 Å². The topological polar surface area (TPSA) is 104 Å². The first-order valence-electron chi connectivity index (χ1n) is 10.8. The number of nitrogen functional groups attached to an aromatic ring is 3. The molecular weight excluding hydrogens is 406 g/mol. The lowest BCUT2D eigenvalue weighted by Gasteiger charge is -2.07. The molecule has 0 unspecified atom stereocenters. The summed E-state index contributed by atoms with van der Waals surface area (Å²) in [5, 5.41) is 4.27. The van der Waals surface area contributed by atoms with Crippen molar-refractivity contribution in [1.82, 2.24) is 9.97 Å². The van der Waals surface area contributed by atoms with Crippen LogP contribution >= 0.6 is 0 Å². The zero-order chi connectivity index (χ0) is 23.1. The van der Waals surface area contributed by atoms with Crippen molar-refractivity contribution in [3.8, 4) is 0 Å². The Hall–Kier alpha value is -4.38. The number of hydrogen-bond donors (Lipinski definition) is 3. The van der Waals surface area contributed by atoms with E-state index in [-0.39, 0.29) is 0 Å². The highest BCUT2D eigenvalue weighted by atomic mass is 14.7. The molecule has 2 heterocycles. The van der Waals surface area contributed by atoms with Crippen molar-refractivity contribution in [2.75, 3.05) is 17.2 Å². The van der Waals surface area contributed by atoms with Crippen molar-refractivity contribution in [3.05, 3.63) is 90.0 Å². The minimum Gasteiger partial charge on any atom is -0.398 e. The van der Waals surface area contributed by atoms with Gasteiger partial charge in [0.25, 0.3) is 0 Å². The number of para-hydroxylation sites is 2. The Morgan fingerprint density at radius 3 is 1.42 bits per heavy atom. The normalized spacial score (nSPS) is 11.1. The molecule has 162 valence electrons. The summed E-state index contributed by atoms with van der Waals surface area (Å²) in [5.74, 6) is 0. The lowest BCUT2D eigenvalue weighted by atomic mass is 10.1. The minimum absolute atomic E-state index is 0.773. The molecule has 0 radical (unpaired) electrons. The maximum absolute atomic E-state index is 6.11. The molecule has 5 heteroatoms. The predicted molar refractivity (Wildman–Crippen MR) is 141 cm³/mol. The van der Waals surface area contributed by atoms with Crippen LogP contribution in [-0.2, 0) is 0 Å². The molecule has 6 aromatic rings. The summed E-state index contributed by atoms with van der Waals surface area (Å²) in [6.07, 6.45) is 0. The molecule has 5 nitrogen and oxygen atoms in total. The molecule has 0 aliphatic carbocycles. The van der Waals surface area contributed by atoms with Crippen LogP contribution in [0.5, 0.6) is 0 Å². The second kappa shape index (κ2) is 7.95. The Morgan fingerprint density at radius 1 is 0.515 bits per heavy atom. The molecule has 0 aliphatic rings. The Morgan fingerprint density at radius 2 is 0.939 bits per heavy atom. The van der Waals surface area contributed by atoms with E-state index in [0.29, 0.717) is 0 Å². The third-order valence-electron chi connectivity index (χ3n) is 6.01. The fraction of sp³-hybridized carbons (Fsp3) is 0.0714. The molecule has 4 aromatic carbocycles.